The minimum atomic E-state index is -0.236. The number of carbonyl (C=O) groups excluding carboxylic acids is 1. The normalized spacial score (nSPS) is 12.2. The molecular formula is C9H11ClN2O. The van der Waals surface area contributed by atoms with Crippen molar-refractivity contribution in [2.75, 3.05) is 7.05 Å². The molecule has 4 heteroatoms. The lowest BCUT2D eigenvalue weighted by Gasteiger charge is -2.10. The largest absolute Gasteiger partial charge is 0.359 e. The molecule has 0 aliphatic heterocycles. The van der Waals surface area contributed by atoms with Crippen LogP contribution in [0.4, 0.5) is 0 Å². The Kier molecular flexibility index (Phi) is 3.25. The van der Waals surface area contributed by atoms with Gasteiger partial charge in [-0.1, -0.05) is 11.6 Å². The molecule has 0 bridgehead atoms. The summed E-state index contributed by atoms with van der Waals surface area (Å²) in [7, 11) is 1.61. The van der Waals surface area contributed by atoms with E-state index in [0.29, 0.717) is 5.02 Å². The van der Waals surface area contributed by atoms with Crippen LogP contribution in [0.15, 0.2) is 18.5 Å². The highest BCUT2D eigenvalue weighted by Crippen LogP contribution is 2.22. The average molecular weight is 199 g/mol. The molecule has 0 aromatic carbocycles. The summed E-state index contributed by atoms with van der Waals surface area (Å²) in [5.41, 5.74) is 0.802. The molecule has 0 fully saturated rings. The number of nitrogens with one attached hydrogen (secondary N) is 1. The second-order valence-electron chi connectivity index (χ2n) is 2.73. The molecule has 1 aromatic rings. The summed E-state index contributed by atoms with van der Waals surface area (Å²) in [6.07, 6.45) is 3.16. The molecule has 0 radical (unpaired) electrons. The number of hydrogen-bond acceptors (Lipinski definition) is 2. The minimum Gasteiger partial charge on any atom is -0.359 e. The summed E-state index contributed by atoms with van der Waals surface area (Å²) < 4.78 is 0. The maximum absolute atomic E-state index is 11.3. The smallest absolute Gasteiger partial charge is 0.227 e. The number of hydrogen-bond donors (Lipinski definition) is 1. The Bertz CT molecular complexity index is 314. The molecular weight excluding hydrogens is 188 g/mol. The van der Waals surface area contributed by atoms with Crippen molar-refractivity contribution < 1.29 is 4.79 Å². The number of likely N-dealkylation sites (N-methyl/N-ethyl adjacent to an activating group) is 1. The number of pyridine rings is 1. The van der Waals surface area contributed by atoms with E-state index in [9.17, 15) is 4.79 Å². The second kappa shape index (κ2) is 4.23. The molecule has 0 aliphatic rings. The Morgan fingerprint density at radius 3 is 2.92 bits per heavy atom. The predicted octanol–water partition coefficient (Wildman–Crippen LogP) is 1.58. The topological polar surface area (TPSA) is 42.0 Å². The highest BCUT2D eigenvalue weighted by Gasteiger charge is 2.15. The Labute approximate surface area is 82.1 Å². The van der Waals surface area contributed by atoms with Crippen molar-refractivity contribution in [3.63, 3.8) is 0 Å². The SMILES string of the molecule is CNC(=O)C(C)c1ccncc1Cl. The van der Waals surface area contributed by atoms with Gasteiger partial charge in [0.2, 0.25) is 5.91 Å². The molecule has 0 spiro atoms. The van der Waals surface area contributed by atoms with Crippen LogP contribution in [-0.4, -0.2) is 17.9 Å². The summed E-state index contributed by atoms with van der Waals surface area (Å²) >= 11 is 5.88. The van der Waals surface area contributed by atoms with E-state index in [4.69, 9.17) is 11.6 Å². The quantitative estimate of drug-likeness (QED) is 0.784. The van der Waals surface area contributed by atoms with Gasteiger partial charge in [0.25, 0.3) is 0 Å². The predicted molar refractivity (Wildman–Crippen MR) is 51.7 cm³/mol. The van der Waals surface area contributed by atoms with Crippen molar-refractivity contribution in [1.82, 2.24) is 10.3 Å². The average Bonchev–Trinajstić information content (AvgIpc) is 2.16. The van der Waals surface area contributed by atoms with Crippen LogP contribution in [0.5, 0.6) is 0 Å². The molecule has 1 N–H and O–H groups in total. The molecule has 1 unspecified atom stereocenters. The summed E-state index contributed by atoms with van der Waals surface area (Å²) in [5, 5.41) is 3.10. The van der Waals surface area contributed by atoms with Gasteiger partial charge in [-0.15, -0.1) is 0 Å². The third kappa shape index (κ3) is 2.18. The van der Waals surface area contributed by atoms with Crippen molar-refractivity contribution in [1.29, 1.82) is 0 Å². The third-order valence-corrected chi connectivity index (χ3v) is 2.23. The summed E-state index contributed by atoms with van der Waals surface area (Å²) in [5.74, 6) is -0.284. The molecule has 0 saturated carbocycles. The van der Waals surface area contributed by atoms with E-state index in [-0.39, 0.29) is 11.8 Å². The van der Waals surface area contributed by atoms with Crippen LogP contribution in [0.2, 0.25) is 5.02 Å². The van der Waals surface area contributed by atoms with Gasteiger partial charge >= 0.3 is 0 Å². The van der Waals surface area contributed by atoms with Crippen LogP contribution in [0, 0.1) is 0 Å². The molecule has 3 nitrogen and oxygen atoms in total. The molecule has 1 amide bonds. The number of amides is 1. The zero-order chi connectivity index (χ0) is 9.84. The third-order valence-electron chi connectivity index (χ3n) is 1.91. The lowest BCUT2D eigenvalue weighted by atomic mass is 10.0. The van der Waals surface area contributed by atoms with Gasteiger partial charge in [-0.3, -0.25) is 9.78 Å². The zero-order valence-corrected chi connectivity index (χ0v) is 8.30. The first-order valence-electron chi connectivity index (χ1n) is 3.97. The first kappa shape index (κ1) is 9.99. The molecule has 1 rings (SSSR count). The number of rotatable bonds is 2. The maximum Gasteiger partial charge on any atom is 0.227 e. The van der Waals surface area contributed by atoms with E-state index in [0.717, 1.165) is 5.56 Å². The van der Waals surface area contributed by atoms with E-state index < -0.39 is 0 Å². The van der Waals surface area contributed by atoms with Crippen LogP contribution < -0.4 is 5.32 Å². The fourth-order valence-corrected chi connectivity index (χ4v) is 1.38. The lowest BCUT2D eigenvalue weighted by Crippen LogP contribution is -2.23. The van der Waals surface area contributed by atoms with Crippen molar-refractivity contribution >= 4 is 17.5 Å². The molecule has 13 heavy (non-hydrogen) atoms. The molecule has 1 heterocycles. The van der Waals surface area contributed by atoms with Crippen molar-refractivity contribution in [2.45, 2.75) is 12.8 Å². The summed E-state index contributed by atoms with van der Waals surface area (Å²) in [4.78, 5) is 15.1. The van der Waals surface area contributed by atoms with Gasteiger partial charge in [-0.25, -0.2) is 0 Å². The Hall–Kier alpha value is -1.09. The first-order chi connectivity index (χ1) is 6.16. The Morgan fingerprint density at radius 2 is 2.38 bits per heavy atom. The van der Waals surface area contributed by atoms with E-state index in [1.807, 2.05) is 0 Å². The fourth-order valence-electron chi connectivity index (χ4n) is 1.09. The monoisotopic (exact) mass is 198 g/mol. The number of nitrogens with zero attached hydrogens (tertiary/aromatic N) is 1. The van der Waals surface area contributed by atoms with Crippen LogP contribution in [-0.2, 0) is 4.79 Å². The maximum atomic E-state index is 11.3. The number of aromatic nitrogens is 1. The number of halogens is 1. The summed E-state index contributed by atoms with van der Waals surface area (Å²) in [6, 6.07) is 1.75. The van der Waals surface area contributed by atoms with Crippen LogP contribution >= 0.6 is 11.6 Å². The molecule has 70 valence electrons. The standard InChI is InChI=1S/C9H11ClN2O/c1-6(9(13)11-2)7-3-4-12-5-8(7)10/h3-6H,1-2H3,(H,11,13). The van der Waals surface area contributed by atoms with Gasteiger partial charge in [0, 0.05) is 19.4 Å². The van der Waals surface area contributed by atoms with Gasteiger partial charge in [-0.2, -0.15) is 0 Å². The van der Waals surface area contributed by atoms with Crippen molar-refractivity contribution in [3.05, 3.63) is 29.0 Å². The van der Waals surface area contributed by atoms with Gasteiger partial charge < -0.3 is 5.32 Å². The Morgan fingerprint density at radius 1 is 1.69 bits per heavy atom. The van der Waals surface area contributed by atoms with Crippen molar-refractivity contribution in [3.8, 4) is 0 Å². The Balaban J connectivity index is 2.95. The highest BCUT2D eigenvalue weighted by molar-refractivity contribution is 6.31. The van der Waals surface area contributed by atoms with Gasteiger partial charge in [0.15, 0.2) is 0 Å². The molecule has 0 aliphatic carbocycles. The van der Waals surface area contributed by atoms with Crippen LogP contribution in [0.1, 0.15) is 18.4 Å². The van der Waals surface area contributed by atoms with Gasteiger partial charge in [0.05, 0.1) is 10.9 Å². The van der Waals surface area contributed by atoms with E-state index >= 15 is 0 Å². The van der Waals surface area contributed by atoms with Gasteiger partial charge in [0.1, 0.15) is 0 Å². The van der Waals surface area contributed by atoms with E-state index in [2.05, 4.69) is 10.3 Å². The summed E-state index contributed by atoms with van der Waals surface area (Å²) in [6.45, 7) is 1.81. The first-order valence-corrected chi connectivity index (χ1v) is 4.35. The minimum absolute atomic E-state index is 0.0481. The van der Waals surface area contributed by atoms with E-state index in [1.54, 1.807) is 26.2 Å². The fraction of sp³-hybridized carbons (Fsp3) is 0.333. The lowest BCUT2D eigenvalue weighted by molar-refractivity contribution is -0.121. The van der Waals surface area contributed by atoms with Gasteiger partial charge in [-0.05, 0) is 18.6 Å². The van der Waals surface area contributed by atoms with Crippen LogP contribution in [0.3, 0.4) is 0 Å². The number of carbonyl (C=O) groups is 1. The molecule has 0 saturated heterocycles. The van der Waals surface area contributed by atoms with Crippen LogP contribution in [0.25, 0.3) is 0 Å². The van der Waals surface area contributed by atoms with Crippen molar-refractivity contribution in [2.24, 2.45) is 0 Å². The molecule has 1 aromatic heterocycles. The second-order valence-corrected chi connectivity index (χ2v) is 3.14. The van der Waals surface area contributed by atoms with E-state index in [1.165, 1.54) is 6.20 Å². The molecule has 1 atom stereocenters. The zero-order valence-electron chi connectivity index (χ0n) is 7.54. The highest BCUT2D eigenvalue weighted by atomic mass is 35.5.